The van der Waals surface area contributed by atoms with E-state index in [0.717, 1.165) is 23.0 Å². The van der Waals surface area contributed by atoms with Gasteiger partial charge in [0.1, 0.15) is 5.75 Å². The van der Waals surface area contributed by atoms with Crippen LogP contribution in [0.25, 0.3) is 0 Å². The number of methoxy groups -OCH3 is 1. The summed E-state index contributed by atoms with van der Waals surface area (Å²) in [6, 6.07) is 5.21. The second-order valence-electron chi connectivity index (χ2n) is 7.22. The highest BCUT2D eigenvalue weighted by molar-refractivity contribution is 6.08. The summed E-state index contributed by atoms with van der Waals surface area (Å²) in [4.78, 5) is 37.5. The molecule has 0 aromatic heterocycles. The van der Waals surface area contributed by atoms with Gasteiger partial charge in [0.15, 0.2) is 12.2 Å². The highest BCUT2D eigenvalue weighted by atomic mass is 16.5. The van der Waals surface area contributed by atoms with E-state index in [1.165, 1.54) is 4.90 Å². The van der Waals surface area contributed by atoms with E-state index in [9.17, 15) is 9.59 Å². The van der Waals surface area contributed by atoms with E-state index in [4.69, 9.17) is 9.73 Å². The van der Waals surface area contributed by atoms with Gasteiger partial charge in [0, 0.05) is 26.7 Å². The molecular formula is C20H25N5O3. The van der Waals surface area contributed by atoms with Crippen molar-refractivity contribution in [2.75, 3.05) is 38.7 Å². The van der Waals surface area contributed by atoms with E-state index in [0.29, 0.717) is 13.1 Å². The number of rotatable bonds is 4. The number of benzene rings is 1. The fourth-order valence-electron chi connectivity index (χ4n) is 4.05. The smallest absolute Gasteiger partial charge is 0.328 e. The third-order valence-corrected chi connectivity index (χ3v) is 5.53. The van der Waals surface area contributed by atoms with Crippen molar-refractivity contribution in [2.24, 2.45) is 4.99 Å². The van der Waals surface area contributed by atoms with Crippen LogP contribution in [0.5, 0.6) is 5.75 Å². The van der Waals surface area contributed by atoms with Crippen molar-refractivity contribution in [1.82, 2.24) is 14.7 Å². The van der Waals surface area contributed by atoms with E-state index in [-0.39, 0.29) is 18.5 Å². The van der Waals surface area contributed by atoms with Crippen molar-refractivity contribution >= 4 is 23.6 Å². The second-order valence-corrected chi connectivity index (χ2v) is 7.22. The van der Waals surface area contributed by atoms with Crippen LogP contribution >= 0.6 is 0 Å². The number of carbonyl (C=O) groups is 2. The molecule has 1 aromatic rings. The Balaban J connectivity index is 1.69. The number of allylic oxidation sites excluding steroid dienone is 1. The van der Waals surface area contributed by atoms with Crippen LogP contribution in [0.2, 0.25) is 0 Å². The zero-order valence-electron chi connectivity index (χ0n) is 16.6. The summed E-state index contributed by atoms with van der Waals surface area (Å²) in [7, 11) is 3.35. The number of imide groups is 1. The summed E-state index contributed by atoms with van der Waals surface area (Å²) in [5.74, 6) is 1.29. The Hall–Kier alpha value is -3.03. The van der Waals surface area contributed by atoms with Gasteiger partial charge in [-0.15, -0.1) is 0 Å². The molecule has 2 fully saturated rings. The summed E-state index contributed by atoms with van der Waals surface area (Å²) < 4.78 is 5.54. The van der Waals surface area contributed by atoms with Crippen molar-refractivity contribution in [3.8, 4) is 5.75 Å². The van der Waals surface area contributed by atoms with Crippen LogP contribution in [0.3, 0.4) is 0 Å². The van der Waals surface area contributed by atoms with Gasteiger partial charge in [-0.25, -0.2) is 9.79 Å². The van der Waals surface area contributed by atoms with E-state index in [1.807, 2.05) is 43.0 Å². The van der Waals surface area contributed by atoms with Crippen molar-refractivity contribution in [3.05, 3.63) is 35.9 Å². The number of urea groups is 1. The first-order valence-corrected chi connectivity index (χ1v) is 9.44. The molecule has 0 radical (unpaired) electrons. The number of aryl methyl sites for hydroxylation is 1. The zero-order valence-corrected chi connectivity index (χ0v) is 16.6. The van der Waals surface area contributed by atoms with Crippen LogP contribution in [0.4, 0.5) is 10.5 Å². The number of hydrogen-bond donors (Lipinski definition) is 0. The number of anilines is 1. The molecule has 2 unspecified atom stereocenters. The molecule has 8 nitrogen and oxygen atoms in total. The Labute approximate surface area is 164 Å². The number of hydrogen-bond acceptors (Lipinski definition) is 6. The fraction of sp³-hybridized carbons (Fsp3) is 0.450. The SMILES string of the molecule is C/C=C/CN1C(=O)C2C(N=C3N(c4cc(C)ccc4OC)CCN32)N(C)C1=O. The lowest BCUT2D eigenvalue weighted by Gasteiger charge is -2.40. The van der Waals surface area contributed by atoms with Gasteiger partial charge in [0.2, 0.25) is 5.96 Å². The summed E-state index contributed by atoms with van der Waals surface area (Å²) in [6.07, 6.45) is 3.15. The number of ether oxygens (including phenoxy) is 1. The van der Waals surface area contributed by atoms with Gasteiger partial charge >= 0.3 is 6.03 Å². The van der Waals surface area contributed by atoms with Gasteiger partial charge in [-0.05, 0) is 31.5 Å². The predicted octanol–water partition coefficient (Wildman–Crippen LogP) is 1.66. The van der Waals surface area contributed by atoms with Gasteiger partial charge in [0.05, 0.1) is 12.8 Å². The number of amides is 3. The molecule has 8 heteroatoms. The van der Waals surface area contributed by atoms with Gasteiger partial charge < -0.3 is 19.4 Å². The molecule has 2 saturated heterocycles. The molecule has 0 bridgehead atoms. The highest BCUT2D eigenvalue weighted by Crippen LogP contribution is 2.37. The number of likely N-dealkylation sites (N-methyl/N-ethyl adjacent to an activating group) is 1. The van der Waals surface area contributed by atoms with Crippen LogP contribution in [0.15, 0.2) is 35.3 Å². The Morgan fingerprint density at radius 2 is 2.07 bits per heavy atom. The minimum atomic E-state index is -0.504. The first kappa shape index (κ1) is 18.3. The molecule has 0 saturated carbocycles. The molecule has 1 aromatic carbocycles. The lowest BCUT2D eigenvalue weighted by Crippen LogP contribution is -2.64. The molecular weight excluding hydrogens is 358 g/mol. The molecule has 0 aliphatic carbocycles. The van der Waals surface area contributed by atoms with Crippen LogP contribution in [-0.4, -0.2) is 78.6 Å². The van der Waals surface area contributed by atoms with Crippen LogP contribution in [0, 0.1) is 6.92 Å². The van der Waals surface area contributed by atoms with E-state index >= 15 is 0 Å². The minimum Gasteiger partial charge on any atom is -0.495 e. The van der Waals surface area contributed by atoms with Crippen molar-refractivity contribution < 1.29 is 14.3 Å². The van der Waals surface area contributed by atoms with E-state index in [2.05, 4.69) is 11.0 Å². The Bertz CT molecular complexity index is 881. The molecule has 3 heterocycles. The average Bonchev–Trinajstić information content (AvgIpc) is 3.25. The summed E-state index contributed by atoms with van der Waals surface area (Å²) in [6.45, 7) is 5.56. The van der Waals surface area contributed by atoms with Crippen molar-refractivity contribution in [1.29, 1.82) is 0 Å². The molecule has 4 rings (SSSR count). The molecule has 148 valence electrons. The monoisotopic (exact) mass is 383 g/mol. The molecule has 2 atom stereocenters. The molecule has 3 aliphatic heterocycles. The normalized spacial score (nSPS) is 24.2. The topological polar surface area (TPSA) is 68.7 Å². The molecule has 0 N–H and O–H groups in total. The number of aliphatic imine (C=N–C) groups is 1. The standard InChI is InChI=1S/C20H25N5O3/c1-5-6-9-25-18(26)16-17(22(3)20(25)27)21-19-23(10-11-24(16)19)14-12-13(2)7-8-15(14)28-4/h5-8,12,16-17H,9-11H2,1-4H3/b6-5+. The van der Waals surface area contributed by atoms with Crippen molar-refractivity contribution in [2.45, 2.75) is 26.1 Å². The summed E-state index contributed by atoms with van der Waals surface area (Å²) >= 11 is 0. The molecule has 28 heavy (non-hydrogen) atoms. The lowest BCUT2D eigenvalue weighted by molar-refractivity contribution is -0.136. The number of carbonyl (C=O) groups excluding carboxylic acids is 2. The summed E-state index contributed by atoms with van der Waals surface area (Å²) in [5.41, 5.74) is 2.04. The first-order chi connectivity index (χ1) is 13.5. The number of fused-ring (bicyclic) bond motifs is 3. The molecule has 3 aliphatic rings. The zero-order chi connectivity index (χ0) is 20.0. The Morgan fingerprint density at radius 3 is 2.79 bits per heavy atom. The average molecular weight is 383 g/mol. The van der Waals surface area contributed by atoms with Crippen LogP contribution in [-0.2, 0) is 4.79 Å². The quantitative estimate of drug-likeness (QED) is 0.740. The van der Waals surface area contributed by atoms with Gasteiger partial charge in [-0.2, -0.15) is 0 Å². The number of guanidine groups is 1. The second kappa shape index (κ2) is 6.85. The van der Waals surface area contributed by atoms with E-state index < -0.39 is 12.2 Å². The van der Waals surface area contributed by atoms with Crippen LogP contribution in [0.1, 0.15) is 12.5 Å². The Kier molecular flexibility index (Phi) is 4.49. The first-order valence-electron chi connectivity index (χ1n) is 9.44. The minimum absolute atomic E-state index is 0.192. The molecule has 0 spiro atoms. The largest absolute Gasteiger partial charge is 0.495 e. The third kappa shape index (κ3) is 2.63. The predicted molar refractivity (Wildman–Crippen MR) is 106 cm³/mol. The van der Waals surface area contributed by atoms with Crippen molar-refractivity contribution in [3.63, 3.8) is 0 Å². The lowest BCUT2D eigenvalue weighted by atomic mass is 10.1. The maximum Gasteiger partial charge on any atom is 0.328 e. The van der Waals surface area contributed by atoms with Gasteiger partial charge in [0.25, 0.3) is 5.91 Å². The number of nitrogens with zero attached hydrogens (tertiary/aromatic N) is 5. The summed E-state index contributed by atoms with van der Waals surface area (Å²) in [5, 5.41) is 0. The van der Waals surface area contributed by atoms with Gasteiger partial charge in [-0.3, -0.25) is 9.69 Å². The maximum atomic E-state index is 13.1. The highest BCUT2D eigenvalue weighted by Gasteiger charge is 2.54. The molecule has 3 amide bonds. The third-order valence-electron chi connectivity index (χ3n) is 5.53. The van der Waals surface area contributed by atoms with Gasteiger partial charge in [-0.1, -0.05) is 18.2 Å². The fourth-order valence-corrected chi connectivity index (χ4v) is 4.05. The Morgan fingerprint density at radius 1 is 1.29 bits per heavy atom. The maximum absolute atomic E-state index is 13.1. The van der Waals surface area contributed by atoms with E-state index in [1.54, 1.807) is 19.1 Å². The van der Waals surface area contributed by atoms with Crippen LogP contribution < -0.4 is 9.64 Å².